The normalized spacial score (nSPS) is 24.6. The highest BCUT2D eigenvalue weighted by atomic mass is 16.5. The number of morpholine rings is 1. The van der Waals surface area contributed by atoms with Crippen molar-refractivity contribution in [1.82, 2.24) is 25.8 Å². The van der Waals surface area contributed by atoms with Gasteiger partial charge in [-0.15, -0.1) is 0 Å². The van der Waals surface area contributed by atoms with Gasteiger partial charge < -0.3 is 40.2 Å². The zero-order chi connectivity index (χ0) is 35.7. The summed E-state index contributed by atoms with van der Waals surface area (Å²) >= 11 is 0. The Labute approximate surface area is 288 Å². The number of ketones is 1. The number of rotatable bonds is 10. The Hall–Kier alpha value is -4.23. The van der Waals surface area contributed by atoms with E-state index in [-0.39, 0.29) is 30.9 Å². The minimum absolute atomic E-state index is 0.193. The highest BCUT2D eigenvalue weighted by Crippen LogP contribution is 2.26. The summed E-state index contributed by atoms with van der Waals surface area (Å²) in [5, 5.41) is 19.0. The Bertz CT molecular complexity index is 1510. The number of carbonyl (C=O) groups excluding carboxylic acids is 5. The monoisotopic (exact) mass is 681 g/mol. The Morgan fingerprint density at radius 1 is 1.04 bits per heavy atom. The van der Waals surface area contributed by atoms with E-state index in [1.165, 1.54) is 4.90 Å². The van der Waals surface area contributed by atoms with E-state index in [0.717, 1.165) is 47.0 Å². The third-order valence-electron chi connectivity index (χ3n) is 9.81. The van der Waals surface area contributed by atoms with Crippen molar-refractivity contribution in [3.63, 3.8) is 0 Å². The van der Waals surface area contributed by atoms with Crippen LogP contribution in [0.3, 0.4) is 0 Å². The number of aromatic amines is 1. The fraction of sp³-hybridized carbons (Fsp3) is 0.583. The minimum atomic E-state index is -1.17. The van der Waals surface area contributed by atoms with Crippen LogP contribution in [0.2, 0.25) is 0 Å². The molecule has 4 amide bonds. The molecule has 0 saturated carbocycles. The van der Waals surface area contributed by atoms with E-state index in [9.17, 15) is 29.1 Å². The van der Waals surface area contributed by atoms with Crippen LogP contribution in [0, 0.1) is 11.8 Å². The van der Waals surface area contributed by atoms with E-state index in [4.69, 9.17) is 4.74 Å². The number of para-hydroxylation sites is 1. The van der Waals surface area contributed by atoms with Crippen molar-refractivity contribution in [3.05, 3.63) is 48.4 Å². The molecule has 4 atom stereocenters. The Morgan fingerprint density at radius 3 is 2.45 bits per heavy atom. The molecule has 0 radical (unpaired) electrons. The fourth-order valence-corrected chi connectivity index (χ4v) is 6.94. The first kappa shape index (κ1) is 37.6. The highest BCUT2D eigenvalue weighted by Gasteiger charge is 2.38. The zero-order valence-corrected chi connectivity index (χ0v) is 29.3. The molecule has 5 N–H and O–H groups in total. The molecule has 49 heavy (non-hydrogen) atoms. The highest BCUT2D eigenvalue weighted by molar-refractivity contribution is 5.97. The molecule has 0 bridgehead atoms. The Kier molecular flexibility index (Phi) is 13.0. The number of fused-ring (bicyclic) bond motifs is 1. The van der Waals surface area contributed by atoms with Gasteiger partial charge in [-0.25, -0.2) is 0 Å². The van der Waals surface area contributed by atoms with Gasteiger partial charge in [0.1, 0.15) is 25.2 Å². The number of likely N-dealkylation sites (N-methyl/N-ethyl adjacent to an activating group) is 2. The molecule has 2 saturated heterocycles. The van der Waals surface area contributed by atoms with E-state index in [1.54, 1.807) is 7.05 Å². The first-order chi connectivity index (χ1) is 23.3. The van der Waals surface area contributed by atoms with Gasteiger partial charge in [0, 0.05) is 42.9 Å². The first-order valence-electron chi connectivity index (χ1n) is 17.3. The predicted octanol–water partition coefficient (Wildman–Crippen LogP) is 1.98. The first-order valence-corrected chi connectivity index (χ1v) is 17.3. The third kappa shape index (κ3) is 10.1. The summed E-state index contributed by atoms with van der Waals surface area (Å²) in [7, 11) is 3.74. The second-order valence-corrected chi connectivity index (χ2v) is 14.1. The maximum absolute atomic E-state index is 14.3. The maximum atomic E-state index is 14.3. The molecule has 0 aliphatic carbocycles. The summed E-state index contributed by atoms with van der Waals surface area (Å²) < 4.78 is 6.39. The van der Waals surface area contributed by atoms with Crippen molar-refractivity contribution < 1.29 is 38.3 Å². The Morgan fingerprint density at radius 2 is 1.76 bits per heavy atom. The topological polar surface area (TPSA) is 170 Å². The third-order valence-corrected chi connectivity index (χ3v) is 9.81. The molecule has 268 valence electrons. The molecule has 3 heterocycles. The van der Waals surface area contributed by atoms with Crippen molar-refractivity contribution in [2.24, 2.45) is 11.8 Å². The van der Waals surface area contributed by atoms with Crippen molar-refractivity contribution >= 4 is 40.3 Å². The van der Waals surface area contributed by atoms with Crippen LogP contribution in [0.15, 0.2) is 42.8 Å². The van der Waals surface area contributed by atoms with E-state index in [1.807, 2.05) is 44.3 Å². The van der Waals surface area contributed by atoms with Gasteiger partial charge in [0.15, 0.2) is 5.78 Å². The average Bonchev–Trinajstić information content (AvgIpc) is 3.46. The molecule has 2 aromatic rings. The zero-order valence-electron chi connectivity index (χ0n) is 29.3. The molecule has 4 rings (SSSR count). The van der Waals surface area contributed by atoms with Crippen LogP contribution >= 0.6 is 0 Å². The number of hydrogen-bond donors (Lipinski definition) is 5. The van der Waals surface area contributed by atoms with Crippen LogP contribution in [-0.4, -0.2) is 120 Å². The molecule has 13 nitrogen and oxygen atoms in total. The summed E-state index contributed by atoms with van der Waals surface area (Å²) in [5.41, 5.74) is 1.71. The van der Waals surface area contributed by atoms with E-state index >= 15 is 0 Å². The number of carbonyl (C=O) groups is 5. The van der Waals surface area contributed by atoms with Crippen molar-refractivity contribution in [2.45, 2.75) is 70.5 Å². The van der Waals surface area contributed by atoms with Gasteiger partial charge in [-0.2, -0.15) is 0 Å². The number of nitrogens with one attached hydrogen (secondary N) is 4. The number of nitrogens with zero attached hydrogens (tertiary/aromatic N) is 2. The molecule has 0 spiro atoms. The number of Topliss-reactive ketones (excluding diaryl/α,β-unsaturated/α-hetero) is 1. The lowest BCUT2D eigenvalue weighted by molar-refractivity contribution is -0.917. The van der Waals surface area contributed by atoms with Crippen LogP contribution in [0.25, 0.3) is 10.9 Å². The van der Waals surface area contributed by atoms with Gasteiger partial charge in [0.05, 0.1) is 45.2 Å². The number of quaternary nitrogens is 1. The number of hydrogen-bond acceptors (Lipinski definition) is 7. The van der Waals surface area contributed by atoms with Gasteiger partial charge in [-0.3, -0.25) is 24.0 Å². The lowest BCUT2D eigenvalue weighted by atomic mass is 9.88. The van der Waals surface area contributed by atoms with Gasteiger partial charge in [-0.05, 0) is 43.2 Å². The minimum Gasteiger partial charge on any atom is -0.513 e. The lowest BCUT2D eigenvalue weighted by Crippen LogP contribution is -2.57. The van der Waals surface area contributed by atoms with E-state index in [0.29, 0.717) is 26.1 Å². The second-order valence-electron chi connectivity index (χ2n) is 14.1. The fourth-order valence-electron chi connectivity index (χ4n) is 6.94. The molecular weight excluding hydrogens is 628 g/mol. The smallest absolute Gasteiger partial charge is 0.243 e. The van der Waals surface area contributed by atoms with Crippen molar-refractivity contribution in [3.8, 4) is 0 Å². The quantitative estimate of drug-likeness (QED) is 0.145. The van der Waals surface area contributed by atoms with Gasteiger partial charge in [0.25, 0.3) is 0 Å². The Balaban J connectivity index is 1.62. The van der Waals surface area contributed by atoms with Gasteiger partial charge in [0.2, 0.25) is 23.6 Å². The van der Waals surface area contributed by atoms with Crippen LogP contribution in [0.4, 0.5) is 0 Å². The summed E-state index contributed by atoms with van der Waals surface area (Å²) in [6, 6.07) is 4.59. The van der Waals surface area contributed by atoms with Crippen LogP contribution in [0.5, 0.6) is 0 Å². The summed E-state index contributed by atoms with van der Waals surface area (Å²) in [6.07, 6.45) is 3.32. The molecular formula is C36H53N6O7+. The summed E-state index contributed by atoms with van der Waals surface area (Å²) in [6.45, 7) is 10.9. The summed E-state index contributed by atoms with van der Waals surface area (Å²) in [5.74, 6) is -4.07. The van der Waals surface area contributed by atoms with Crippen molar-refractivity contribution in [1.29, 1.82) is 0 Å². The number of aliphatic hydroxyl groups is 1. The van der Waals surface area contributed by atoms with Crippen LogP contribution in [0.1, 0.15) is 51.5 Å². The largest absolute Gasteiger partial charge is 0.513 e. The second kappa shape index (κ2) is 16.9. The van der Waals surface area contributed by atoms with E-state index < -0.39 is 60.0 Å². The van der Waals surface area contributed by atoms with Gasteiger partial charge in [-0.1, -0.05) is 38.6 Å². The standard InChI is InChI=1S/C36H52N6O7/c1-23(2)33-35(47)40-29(12-8-9-13-42(5)14-16-49-17-15-42)34(46)38-22-32(45)39-30(18-24(3)43)31(44)20-25(36(48)41(33)4)19-26-21-37-28-11-7-6-10-27(26)28/h6-7,10-11,21,23,25,29-30,33,37H,3,8-9,12-20,22H2,1-2,4-5H3,(H3-,38,39,40,43,45,46,47)/p+1. The summed E-state index contributed by atoms with van der Waals surface area (Å²) in [4.78, 5) is 73.1. The molecule has 2 aliphatic heterocycles. The van der Waals surface area contributed by atoms with Gasteiger partial charge >= 0.3 is 0 Å². The molecule has 13 heteroatoms. The molecule has 2 fully saturated rings. The number of H-pyrrole nitrogens is 1. The molecule has 2 aliphatic rings. The number of unbranched alkanes of at least 4 members (excludes halogenated alkanes) is 1. The lowest BCUT2D eigenvalue weighted by Gasteiger charge is -2.37. The SMILES string of the molecule is C=C(O)CC1NC(=O)CNC(=O)C(CCCC[N+]2(C)CCOCC2)NC(=O)C(C(C)C)N(C)C(=O)C(Cc2c[nH]c3ccccc23)CC1=O. The predicted molar refractivity (Wildman–Crippen MR) is 185 cm³/mol. The molecule has 1 aromatic heterocycles. The van der Waals surface area contributed by atoms with Crippen molar-refractivity contribution in [2.75, 3.05) is 53.5 Å². The maximum Gasteiger partial charge on any atom is 0.243 e. The number of aromatic nitrogens is 1. The number of aliphatic hydroxyl groups excluding tert-OH is 1. The van der Waals surface area contributed by atoms with Crippen LogP contribution in [-0.2, 0) is 35.1 Å². The average molecular weight is 682 g/mol. The van der Waals surface area contributed by atoms with Crippen LogP contribution < -0.4 is 16.0 Å². The number of ether oxygens (including phenoxy) is 1. The number of amides is 4. The van der Waals surface area contributed by atoms with E-state index in [2.05, 4.69) is 34.6 Å². The molecule has 4 unspecified atom stereocenters. The number of benzene rings is 1. The molecule has 1 aromatic carbocycles.